The molecule has 0 rings (SSSR count). The molecule has 0 saturated heterocycles. The van der Waals surface area contributed by atoms with Crippen molar-refractivity contribution in [3.63, 3.8) is 0 Å². The first-order valence-corrected chi connectivity index (χ1v) is 5.29. The molecule has 0 spiro atoms. The normalized spacial score (nSPS) is 9.38. The summed E-state index contributed by atoms with van der Waals surface area (Å²) in [5.41, 5.74) is 8.63. The lowest BCUT2D eigenvalue weighted by atomic mass is 10.2. The van der Waals surface area contributed by atoms with Gasteiger partial charge < -0.3 is 10.3 Å². The molecule has 0 aromatic carbocycles. The Morgan fingerprint density at radius 1 is 1.15 bits per heavy atom. The molecule has 0 atom stereocenters. The van der Waals surface area contributed by atoms with E-state index in [0.29, 0.717) is 0 Å². The average molecular weight is 183 g/mol. The maximum Gasteiger partial charge on any atom is 0.326 e. The van der Waals surface area contributed by atoms with E-state index < -0.39 is 0 Å². The molecule has 76 valence electrons. The molecule has 0 fully saturated rings. The maximum absolute atomic E-state index is 8.63. The molecule has 0 radical (unpaired) electrons. The number of amidine groups is 1. The van der Waals surface area contributed by atoms with E-state index in [0.717, 1.165) is 38.1 Å². The quantitative estimate of drug-likeness (QED) is 0.213. The smallest absolute Gasteiger partial charge is 0.326 e. The number of unbranched alkanes of at least 4 members (excludes halogenated alkanes) is 3. The molecule has 0 amide bonds. The van der Waals surface area contributed by atoms with Gasteiger partial charge in [-0.3, -0.25) is 5.32 Å². The van der Waals surface area contributed by atoms with Gasteiger partial charge in [-0.1, -0.05) is 26.7 Å². The Morgan fingerprint density at radius 2 is 1.85 bits per heavy atom. The molecule has 3 heteroatoms. The van der Waals surface area contributed by atoms with Crippen molar-refractivity contribution in [1.29, 1.82) is 0 Å². The van der Waals surface area contributed by atoms with Crippen LogP contribution in [-0.4, -0.2) is 17.2 Å². The van der Waals surface area contributed by atoms with Crippen molar-refractivity contribution in [3.05, 3.63) is 5.53 Å². The summed E-state index contributed by atoms with van der Waals surface area (Å²) in [6.45, 7) is 5.24. The van der Waals surface area contributed by atoms with Gasteiger partial charge in [0.05, 0.1) is 13.0 Å². The molecular weight excluding hydrogens is 162 g/mol. The topological polar surface area (TPSA) is 48.4 Å². The van der Waals surface area contributed by atoms with Crippen LogP contribution in [0.15, 0.2) is 0 Å². The second kappa shape index (κ2) is 9.27. The first kappa shape index (κ1) is 12.2. The molecule has 0 aliphatic rings. The molecule has 1 N–H and O–H groups in total. The van der Waals surface area contributed by atoms with Crippen LogP contribution in [0.2, 0.25) is 0 Å². The Bertz CT molecular complexity index is 160. The van der Waals surface area contributed by atoms with Crippen LogP contribution >= 0.6 is 0 Å². The van der Waals surface area contributed by atoms with Crippen molar-refractivity contribution in [2.24, 2.45) is 0 Å². The third-order valence-electron chi connectivity index (χ3n) is 2.00. The summed E-state index contributed by atoms with van der Waals surface area (Å²) >= 11 is 0. The summed E-state index contributed by atoms with van der Waals surface area (Å²) in [6.07, 6.45) is 6.69. The fourth-order valence-corrected chi connectivity index (χ4v) is 1.13. The lowest BCUT2D eigenvalue weighted by Gasteiger charge is -1.98. The van der Waals surface area contributed by atoms with Gasteiger partial charge in [-0.25, -0.2) is 0 Å². The van der Waals surface area contributed by atoms with Crippen molar-refractivity contribution < 1.29 is 4.79 Å². The zero-order chi connectivity index (χ0) is 9.94. The minimum atomic E-state index is 0.734. The zero-order valence-electron chi connectivity index (χ0n) is 8.84. The molecule has 0 unspecified atom stereocenters. The Balaban J connectivity index is 3.44. The minimum Gasteiger partial charge on any atom is -0.498 e. The minimum absolute atomic E-state index is 0.734. The van der Waals surface area contributed by atoms with Gasteiger partial charge in [0.2, 0.25) is 0 Å². The molecule has 0 aromatic rings. The molecule has 0 aliphatic carbocycles. The highest BCUT2D eigenvalue weighted by Crippen LogP contribution is 1.95. The average Bonchev–Trinajstić information content (AvgIpc) is 2.17. The molecule has 0 bridgehead atoms. The molecule has 0 aliphatic heterocycles. The van der Waals surface area contributed by atoms with Gasteiger partial charge in [-0.05, 0) is 19.3 Å². The summed E-state index contributed by atoms with van der Waals surface area (Å²) in [7, 11) is 0. The van der Waals surface area contributed by atoms with E-state index >= 15 is 0 Å². The standard InChI is InChI=1S/C10H21N3/c1-3-5-7-9-12-10(13-11)8-6-4-2/h12H,3-9H2,1-2H3. The molecule has 13 heavy (non-hydrogen) atoms. The van der Waals surface area contributed by atoms with Crippen LogP contribution in [0, 0.1) is 0 Å². The second-order valence-corrected chi connectivity index (χ2v) is 3.28. The van der Waals surface area contributed by atoms with Gasteiger partial charge in [0.1, 0.15) is 0 Å². The Labute approximate surface area is 81.2 Å². The predicted molar refractivity (Wildman–Crippen MR) is 55.7 cm³/mol. The highest BCUT2D eigenvalue weighted by Gasteiger charge is 2.03. The fraction of sp³-hybridized carbons (Fsp3) is 0.900. The Hall–Kier alpha value is -0.820. The lowest BCUT2D eigenvalue weighted by molar-refractivity contribution is -0.0139. The molecular formula is C10H21N3. The third kappa shape index (κ3) is 7.54. The maximum atomic E-state index is 8.63. The van der Waals surface area contributed by atoms with Crippen molar-refractivity contribution in [3.8, 4) is 0 Å². The molecule has 0 aromatic heterocycles. The largest absolute Gasteiger partial charge is 0.498 e. The van der Waals surface area contributed by atoms with Gasteiger partial charge in [-0.2, -0.15) is 0 Å². The van der Waals surface area contributed by atoms with Crippen LogP contribution < -0.4 is 5.32 Å². The lowest BCUT2D eigenvalue weighted by Crippen LogP contribution is -2.25. The van der Waals surface area contributed by atoms with E-state index in [9.17, 15) is 0 Å². The first-order chi connectivity index (χ1) is 6.35. The zero-order valence-corrected chi connectivity index (χ0v) is 8.84. The summed E-state index contributed by atoms with van der Waals surface area (Å²) in [6, 6.07) is 0. The predicted octanol–water partition coefficient (Wildman–Crippen LogP) is 2.58. The van der Waals surface area contributed by atoms with Gasteiger partial charge in [0.15, 0.2) is 0 Å². The van der Waals surface area contributed by atoms with E-state index in [1.54, 1.807) is 0 Å². The van der Waals surface area contributed by atoms with Crippen molar-refractivity contribution >= 4 is 5.84 Å². The summed E-state index contributed by atoms with van der Waals surface area (Å²) in [5, 5.41) is 3.14. The SMILES string of the molecule is CCCCCNC(CCCC)=[N+]=[N-]. The second-order valence-electron chi connectivity index (χ2n) is 3.28. The van der Waals surface area contributed by atoms with Crippen LogP contribution in [0.5, 0.6) is 0 Å². The third-order valence-corrected chi connectivity index (χ3v) is 2.00. The molecule has 3 nitrogen and oxygen atoms in total. The van der Waals surface area contributed by atoms with Gasteiger partial charge >= 0.3 is 5.84 Å². The monoisotopic (exact) mass is 183 g/mol. The van der Waals surface area contributed by atoms with Crippen LogP contribution in [0.1, 0.15) is 52.4 Å². The number of hydrogen-bond donors (Lipinski definition) is 1. The molecule has 0 heterocycles. The van der Waals surface area contributed by atoms with Crippen LogP contribution in [0.4, 0.5) is 0 Å². The van der Waals surface area contributed by atoms with Crippen molar-refractivity contribution in [2.75, 3.05) is 6.54 Å². The van der Waals surface area contributed by atoms with Crippen LogP contribution in [-0.2, 0) is 0 Å². The van der Waals surface area contributed by atoms with Crippen LogP contribution in [0.25, 0.3) is 5.53 Å². The number of hydrogen-bond acceptors (Lipinski definition) is 0. The fourth-order valence-electron chi connectivity index (χ4n) is 1.13. The van der Waals surface area contributed by atoms with E-state index in [1.165, 1.54) is 12.8 Å². The van der Waals surface area contributed by atoms with E-state index in [4.69, 9.17) is 5.53 Å². The highest BCUT2D eigenvalue weighted by molar-refractivity contribution is 5.76. The number of rotatable bonds is 7. The van der Waals surface area contributed by atoms with Gasteiger partial charge in [-0.15, -0.1) is 0 Å². The first-order valence-electron chi connectivity index (χ1n) is 5.29. The Kier molecular flexibility index (Phi) is 8.68. The highest BCUT2D eigenvalue weighted by atomic mass is 15.0. The van der Waals surface area contributed by atoms with E-state index in [-0.39, 0.29) is 0 Å². The van der Waals surface area contributed by atoms with E-state index in [2.05, 4.69) is 24.0 Å². The van der Waals surface area contributed by atoms with E-state index in [1.807, 2.05) is 0 Å². The van der Waals surface area contributed by atoms with Gasteiger partial charge in [0, 0.05) is 0 Å². The summed E-state index contributed by atoms with van der Waals surface area (Å²) < 4.78 is 0. The summed E-state index contributed by atoms with van der Waals surface area (Å²) in [4.78, 5) is 3.23. The summed E-state index contributed by atoms with van der Waals surface area (Å²) in [5.74, 6) is 0.734. The van der Waals surface area contributed by atoms with Crippen LogP contribution in [0.3, 0.4) is 0 Å². The Morgan fingerprint density at radius 3 is 2.38 bits per heavy atom. The van der Waals surface area contributed by atoms with Crippen molar-refractivity contribution in [1.82, 2.24) is 5.32 Å². The molecule has 0 saturated carbocycles. The number of nitrogens with zero attached hydrogens (tertiary/aromatic N) is 2. The van der Waals surface area contributed by atoms with Crippen molar-refractivity contribution in [2.45, 2.75) is 52.4 Å². The number of nitrogens with one attached hydrogen (secondary N) is 1. The van der Waals surface area contributed by atoms with Gasteiger partial charge in [0.25, 0.3) is 0 Å².